The minimum atomic E-state index is -0.576. The molecule has 2 aliphatic heterocycles. The smallest absolute Gasteiger partial charge is 0.329 e. The summed E-state index contributed by atoms with van der Waals surface area (Å²) in [6.07, 6.45) is 2.49. The van der Waals surface area contributed by atoms with E-state index >= 15 is 0 Å². The maximum Gasteiger partial charge on any atom is 0.329 e. The van der Waals surface area contributed by atoms with Gasteiger partial charge in [-0.3, -0.25) is 14.6 Å². The number of carbonyl (C=O) groups is 2. The maximum atomic E-state index is 11.8. The number of carbonyl (C=O) groups excluding carboxylic acids is 2. The number of rotatable bonds is 4. The second-order valence-corrected chi connectivity index (χ2v) is 5.87. The van der Waals surface area contributed by atoms with Gasteiger partial charge in [-0.05, 0) is 26.3 Å². The van der Waals surface area contributed by atoms with Crippen LogP contribution in [0.5, 0.6) is 0 Å². The van der Waals surface area contributed by atoms with Crippen LogP contribution in [0.4, 0.5) is 0 Å². The van der Waals surface area contributed by atoms with Gasteiger partial charge in [-0.25, -0.2) is 4.79 Å². The molecule has 2 fully saturated rings. The van der Waals surface area contributed by atoms with Crippen molar-refractivity contribution in [1.82, 2.24) is 15.1 Å². The number of hydrogen-bond acceptors (Lipinski definition) is 5. The number of ether oxygens (including phenoxy) is 1. The molecule has 0 aromatic rings. The molecular formula is C14H25N3O3. The number of methoxy groups -OCH3 is 1. The molecule has 114 valence electrons. The lowest BCUT2D eigenvalue weighted by atomic mass is 10.1. The van der Waals surface area contributed by atoms with Crippen molar-refractivity contribution >= 4 is 11.9 Å². The fourth-order valence-electron chi connectivity index (χ4n) is 3.30. The van der Waals surface area contributed by atoms with Crippen LogP contribution in [0.25, 0.3) is 0 Å². The predicted molar refractivity (Wildman–Crippen MR) is 75.3 cm³/mol. The van der Waals surface area contributed by atoms with Gasteiger partial charge in [-0.15, -0.1) is 0 Å². The van der Waals surface area contributed by atoms with Crippen molar-refractivity contribution in [3.05, 3.63) is 0 Å². The molecule has 0 aliphatic carbocycles. The first-order valence-electron chi connectivity index (χ1n) is 7.34. The Hall–Kier alpha value is -1.14. The van der Waals surface area contributed by atoms with Crippen molar-refractivity contribution < 1.29 is 14.3 Å². The molecule has 2 rings (SSSR count). The summed E-state index contributed by atoms with van der Waals surface area (Å²) < 4.78 is 4.79. The standard InChI is InChI=1S/C14H25N3O3/c1-10-7-16-6-4-5-12(16)8-17(10)9-13(14(19)20-3)15-11(2)18/h10,12-13H,4-9H2,1-3H3,(H,15,18). The van der Waals surface area contributed by atoms with Gasteiger partial charge in [0.05, 0.1) is 7.11 Å². The van der Waals surface area contributed by atoms with Gasteiger partial charge in [-0.2, -0.15) is 0 Å². The molecule has 0 aromatic heterocycles. The molecular weight excluding hydrogens is 258 g/mol. The largest absolute Gasteiger partial charge is 0.467 e. The highest BCUT2D eigenvalue weighted by Crippen LogP contribution is 2.24. The van der Waals surface area contributed by atoms with Crippen LogP contribution in [-0.2, 0) is 14.3 Å². The molecule has 0 aromatic carbocycles. The highest BCUT2D eigenvalue weighted by Gasteiger charge is 2.36. The van der Waals surface area contributed by atoms with E-state index in [1.54, 1.807) is 0 Å². The van der Waals surface area contributed by atoms with Crippen LogP contribution in [0.15, 0.2) is 0 Å². The van der Waals surface area contributed by atoms with E-state index in [9.17, 15) is 9.59 Å². The molecule has 1 amide bonds. The summed E-state index contributed by atoms with van der Waals surface area (Å²) in [6, 6.07) is 0.417. The summed E-state index contributed by atoms with van der Waals surface area (Å²) in [5.74, 6) is -0.575. The van der Waals surface area contributed by atoms with Crippen LogP contribution in [0.3, 0.4) is 0 Å². The van der Waals surface area contributed by atoms with Crippen molar-refractivity contribution in [3.8, 4) is 0 Å². The Morgan fingerprint density at radius 1 is 1.40 bits per heavy atom. The Labute approximate surface area is 120 Å². The molecule has 0 radical (unpaired) electrons. The van der Waals surface area contributed by atoms with Gasteiger partial charge in [0.1, 0.15) is 6.04 Å². The Morgan fingerprint density at radius 3 is 2.80 bits per heavy atom. The highest BCUT2D eigenvalue weighted by molar-refractivity contribution is 5.83. The number of amides is 1. The number of hydrogen-bond donors (Lipinski definition) is 1. The minimum Gasteiger partial charge on any atom is -0.467 e. The van der Waals surface area contributed by atoms with E-state index in [1.165, 1.54) is 33.4 Å². The first-order valence-corrected chi connectivity index (χ1v) is 7.34. The Morgan fingerprint density at radius 2 is 2.15 bits per heavy atom. The molecule has 0 saturated carbocycles. The van der Waals surface area contributed by atoms with Crippen LogP contribution < -0.4 is 5.32 Å². The van der Waals surface area contributed by atoms with Crippen LogP contribution in [0.1, 0.15) is 26.7 Å². The third-order valence-electron chi connectivity index (χ3n) is 4.35. The monoisotopic (exact) mass is 283 g/mol. The molecule has 2 saturated heterocycles. The Balaban J connectivity index is 1.98. The average molecular weight is 283 g/mol. The lowest BCUT2D eigenvalue weighted by Crippen LogP contribution is -2.59. The lowest BCUT2D eigenvalue weighted by molar-refractivity contribution is -0.145. The zero-order valence-electron chi connectivity index (χ0n) is 12.6. The highest BCUT2D eigenvalue weighted by atomic mass is 16.5. The van der Waals surface area contributed by atoms with Crippen molar-refractivity contribution in [2.45, 2.75) is 44.8 Å². The summed E-state index contributed by atoms with van der Waals surface area (Å²) in [6.45, 7) is 7.32. The molecule has 2 heterocycles. The van der Waals surface area contributed by atoms with Gasteiger partial charge in [-0.1, -0.05) is 0 Å². The Kier molecular flexibility index (Phi) is 4.99. The molecule has 1 N–H and O–H groups in total. The number of esters is 1. The van der Waals surface area contributed by atoms with E-state index in [2.05, 4.69) is 22.0 Å². The third kappa shape index (κ3) is 3.49. The molecule has 20 heavy (non-hydrogen) atoms. The second kappa shape index (κ2) is 6.54. The minimum absolute atomic E-state index is 0.201. The van der Waals surface area contributed by atoms with Gasteiger partial charge < -0.3 is 10.1 Å². The summed E-state index contributed by atoms with van der Waals surface area (Å²) in [7, 11) is 1.36. The molecule has 3 atom stereocenters. The molecule has 0 spiro atoms. The average Bonchev–Trinajstić information content (AvgIpc) is 2.83. The van der Waals surface area contributed by atoms with Gasteiger partial charge >= 0.3 is 5.97 Å². The molecule has 3 unspecified atom stereocenters. The fourth-order valence-corrected chi connectivity index (χ4v) is 3.30. The van der Waals surface area contributed by atoms with E-state index in [0.29, 0.717) is 18.6 Å². The zero-order valence-corrected chi connectivity index (χ0v) is 12.6. The van der Waals surface area contributed by atoms with Gasteiger partial charge in [0.25, 0.3) is 0 Å². The molecule has 6 nitrogen and oxygen atoms in total. The first kappa shape index (κ1) is 15.3. The summed E-state index contributed by atoms with van der Waals surface area (Å²) in [5.41, 5.74) is 0. The van der Waals surface area contributed by atoms with Crippen LogP contribution in [0, 0.1) is 0 Å². The predicted octanol–water partition coefficient (Wildman–Crippen LogP) is -0.167. The lowest BCUT2D eigenvalue weighted by Gasteiger charge is -2.43. The van der Waals surface area contributed by atoms with Gasteiger partial charge in [0.2, 0.25) is 5.91 Å². The van der Waals surface area contributed by atoms with Crippen molar-refractivity contribution in [2.75, 3.05) is 33.3 Å². The van der Waals surface area contributed by atoms with E-state index in [1.807, 2.05) is 0 Å². The number of nitrogens with zero attached hydrogens (tertiary/aromatic N) is 2. The van der Waals surface area contributed by atoms with Crippen molar-refractivity contribution in [3.63, 3.8) is 0 Å². The summed E-state index contributed by atoms with van der Waals surface area (Å²) >= 11 is 0. The van der Waals surface area contributed by atoms with Crippen LogP contribution >= 0.6 is 0 Å². The molecule has 6 heteroatoms. The van der Waals surface area contributed by atoms with E-state index in [-0.39, 0.29) is 11.9 Å². The number of fused-ring (bicyclic) bond motifs is 1. The summed E-state index contributed by atoms with van der Waals surface area (Å²) in [4.78, 5) is 27.8. The normalized spacial score (nSPS) is 28.8. The van der Waals surface area contributed by atoms with Gasteiger partial charge in [0, 0.05) is 38.6 Å². The Bertz CT molecular complexity index is 375. The fraction of sp³-hybridized carbons (Fsp3) is 0.857. The summed E-state index contributed by atoms with van der Waals surface area (Å²) in [5, 5.41) is 2.69. The number of nitrogens with one attached hydrogen (secondary N) is 1. The van der Waals surface area contributed by atoms with Gasteiger partial charge in [0.15, 0.2) is 0 Å². The quantitative estimate of drug-likeness (QED) is 0.726. The molecule has 0 bridgehead atoms. The van der Waals surface area contributed by atoms with Crippen LogP contribution in [-0.4, -0.2) is 73.1 Å². The van der Waals surface area contributed by atoms with Crippen LogP contribution in [0.2, 0.25) is 0 Å². The SMILES string of the molecule is COC(=O)C(CN1CC2CCCN2CC1C)NC(C)=O. The topological polar surface area (TPSA) is 61.9 Å². The number of piperazine rings is 1. The van der Waals surface area contributed by atoms with E-state index in [4.69, 9.17) is 4.74 Å². The van der Waals surface area contributed by atoms with E-state index < -0.39 is 6.04 Å². The first-order chi connectivity index (χ1) is 9.51. The van der Waals surface area contributed by atoms with Crippen molar-refractivity contribution in [2.24, 2.45) is 0 Å². The zero-order chi connectivity index (χ0) is 14.7. The third-order valence-corrected chi connectivity index (χ3v) is 4.35. The molecule has 2 aliphatic rings. The second-order valence-electron chi connectivity index (χ2n) is 5.87. The van der Waals surface area contributed by atoms with E-state index in [0.717, 1.165) is 13.1 Å². The maximum absolute atomic E-state index is 11.8. The van der Waals surface area contributed by atoms with Crippen molar-refractivity contribution in [1.29, 1.82) is 0 Å².